The molecule has 0 radical (unpaired) electrons. The van der Waals surface area contributed by atoms with Gasteiger partial charge in [-0.25, -0.2) is 0 Å². The van der Waals surface area contributed by atoms with E-state index in [2.05, 4.69) is 5.32 Å². The number of nitrogens with one attached hydrogen (secondary N) is 1. The topological polar surface area (TPSA) is 47.6 Å². The lowest BCUT2D eigenvalue weighted by molar-refractivity contribution is -0.122. The van der Waals surface area contributed by atoms with Gasteiger partial charge in [-0.15, -0.1) is 0 Å². The van der Waals surface area contributed by atoms with Gasteiger partial charge in [0.1, 0.15) is 0 Å². The number of hydrogen-bond donors (Lipinski definition) is 1. The summed E-state index contributed by atoms with van der Waals surface area (Å²) in [5, 5.41) is 3.46. The smallest absolute Gasteiger partial charge is 0.265 e. The highest BCUT2D eigenvalue weighted by Crippen LogP contribution is 2.27. The summed E-state index contributed by atoms with van der Waals surface area (Å²) in [5.74, 6) is 0.877. The summed E-state index contributed by atoms with van der Waals surface area (Å²) >= 11 is 5.91. The molecule has 1 N–H and O–H groups in total. The maximum Gasteiger partial charge on any atom is 0.265 e. The van der Waals surface area contributed by atoms with Crippen LogP contribution >= 0.6 is 11.6 Å². The summed E-state index contributed by atoms with van der Waals surface area (Å²) < 4.78 is 10.9. The maximum atomic E-state index is 12.2. The van der Waals surface area contributed by atoms with Gasteiger partial charge in [-0.3, -0.25) is 4.79 Å². The van der Waals surface area contributed by atoms with E-state index in [1.807, 2.05) is 19.1 Å². The van der Waals surface area contributed by atoms with Crippen LogP contribution in [0.4, 0.5) is 5.69 Å². The van der Waals surface area contributed by atoms with Gasteiger partial charge in [-0.1, -0.05) is 23.7 Å². The molecule has 1 atom stereocenters. The van der Waals surface area contributed by atoms with Crippen LogP contribution in [0.2, 0.25) is 5.02 Å². The third-order valence-corrected chi connectivity index (χ3v) is 3.42. The largest absolute Gasteiger partial charge is 0.493 e. The first-order chi connectivity index (χ1) is 10.5. The Morgan fingerprint density at radius 2 is 1.86 bits per heavy atom. The predicted molar refractivity (Wildman–Crippen MR) is 87.9 cm³/mol. The minimum absolute atomic E-state index is 0.240. The minimum Gasteiger partial charge on any atom is -0.493 e. The Labute approximate surface area is 135 Å². The first-order valence-electron chi connectivity index (χ1n) is 6.88. The van der Waals surface area contributed by atoms with E-state index in [1.54, 1.807) is 44.4 Å². The van der Waals surface area contributed by atoms with Gasteiger partial charge in [0.2, 0.25) is 0 Å². The van der Waals surface area contributed by atoms with Crippen LogP contribution in [-0.4, -0.2) is 19.1 Å². The molecule has 0 fully saturated rings. The molecule has 116 valence electrons. The summed E-state index contributed by atoms with van der Waals surface area (Å²) in [5.41, 5.74) is 1.61. The number of ether oxygens (including phenoxy) is 2. The number of rotatable bonds is 5. The summed E-state index contributed by atoms with van der Waals surface area (Å²) in [6, 6.07) is 12.5. The standard InChI is InChI=1S/C17H18ClNO3/c1-11-10-13(18)8-9-14(11)19-17(20)12(2)22-16-7-5-4-6-15(16)21-3/h4-10,12H,1-3H3,(H,19,20)/t12-/m0/s1. The Morgan fingerprint density at radius 3 is 2.50 bits per heavy atom. The van der Waals surface area contributed by atoms with E-state index in [-0.39, 0.29) is 5.91 Å². The number of carbonyl (C=O) groups excluding carboxylic acids is 1. The normalized spacial score (nSPS) is 11.6. The zero-order chi connectivity index (χ0) is 16.1. The number of carbonyl (C=O) groups is 1. The average Bonchev–Trinajstić information content (AvgIpc) is 2.50. The molecule has 0 bridgehead atoms. The van der Waals surface area contributed by atoms with Crippen molar-refractivity contribution < 1.29 is 14.3 Å². The van der Waals surface area contributed by atoms with Crippen molar-refractivity contribution in [3.05, 3.63) is 53.1 Å². The van der Waals surface area contributed by atoms with Crippen LogP contribution in [0.15, 0.2) is 42.5 Å². The zero-order valence-electron chi connectivity index (χ0n) is 12.7. The molecule has 2 aromatic carbocycles. The Kier molecular flexibility index (Phi) is 5.28. The van der Waals surface area contributed by atoms with Gasteiger partial charge < -0.3 is 14.8 Å². The lowest BCUT2D eigenvalue weighted by Gasteiger charge is -2.17. The second-order valence-electron chi connectivity index (χ2n) is 4.86. The van der Waals surface area contributed by atoms with Crippen LogP contribution < -0.4 is 14.8 Å². The highest BCUT2D eigenvalue weighted by Gasteiger charge is 2.17. The summed E-state index contributed by atoms with van der Waals surface area (Å²) in [7, 11) is 1.56. The third-order valence-electron chi connectivity index (χ3n) is 3.19. The van der Waals surface area contributed by atoms with Crippen LogP contribution in [0.25, 0.3) is 0 Å². The van der Waals surface area contributed by atoms with E-state index in [0.717, 1.165) is 5.56 Å². The fraction of sp³-hybridized carbons (Fsp3) is 0.235. The van der Waals surface area contributed by atoms with E-state index in [9.17, 15) is 4.79 Å². The zero-order valence-corrected chi connectivity index (χ0v) is 13.5. The molecule has 0 saturated heterocycles. The Bertz CT molecular complexity index is 673. The number of para-hydroxylation sites is 2. The number of aryl methyl sites for hydroxylation is 1. The number of amides is 1. The van der Waals surface area contributed by atoms with Gasteiger partial charge in [0, 0.05) is 10.7 Å². The van der Waals surface area contributed by atoms with E-state index < -0.39 is 6.10 Å². The van der Waals surface area contributed by atoms with Gasteiger partial charge in [-0.05, 0) is 49.7 Å². The molecule has 0 aromatic heterocycles. The van der Waals surface area contributed by atoms with Crippen molar-refractivity contribution in [1.29, 1.82) is 0 Å². The molecule has 0 heterocycles. The third kappa shape index (κ3) is 3.92. The van der Waals surface area contributed by atoms with Gasteiger partial charge in [-0.2, -0.15) is 0 Å². The van der Waals surface area contributed by atoms with Crippen LogP contribution in [0, 0.1) is 6.92 Å². The van der Waals surface area contributed by atoms with Gasteiger partial charge in [0.15, 0.2) is 17.6 Å². The van der Waals surface area contributed by atoms with Crippen molar-refractivity contribution in [2.45, 2.75) is 20.0 Å². The van der Waals surface area contributed by atoms with Crippen LogP contribution in [-0.2, 0) is 4.79 Å². The van der Waals surface area contributed by atoms with Gasteiger partial charge >= 0.3 is 0 Å². The van der Waals surface area contributed by atoms with Crippen LogP contribution in [0.1, 0.15) is 12.5 Å². The number of methoxy groups -OCH3 is 1. The van der Waals surface area contributed by atoms with Crippen LogP contribution in [0.5, 0.6) is 11.5 Å². The highest BCUT2D eigenvalue weighted by molar-refractivity contribution is 6.30. The summed E-state index contributed by atoms with van der Waals surface area (Å²) in [6.45, 7) is 3.57. The number of hydrogen-bond acceptors (Lipinski definition) is 3. The Morgan fingerprint density at radius 1 is 1.18 bits per heavy atom. The highest BCUT2D eigenvalue weighted by atomic mass is 35.5. The summed E-state index contributed by atoms with van der Waals surface area (Å²) in [6.07, 6.45) is -0.661. The first kappa shape index (κ1) is 16.2. The molecule has 2 aromatic rings. The Balaban J connectivity index is 2.06. The van der Waals surface area contributed by atoms with E-state index in [4.69, 9.17) is 21.1 Å². The second kappa shape index (κ2) is 7.18. The molecule has 0 aliphatic rings. The lowest BCUT2D eigenvalue weighted by Crippen LogP contribution is -2.30. The van der Waals surface area contributed by atoms with E-state index in [0.29, 0.717) is 22.2 Å². The second-order valence-corrected chi connectivity index (χ2v) is 5.30. The van der Waals surface area contributed by atoms with E-state index in [1.165, 1.54) is 0 Å². The molecule has 0 aliphatic heterocycles. The molecule has 0 saturated carbocycles. The minimum atomic E-state index is -0.661. The van der Waals surface area contributed by atoms with Crippen molar-refractivity contribution >= 4 is 23.2 Å². The van der Waals surface area contributed by atoms with Crippen molar-refractivity contribution in [3.8, 4) is 11.5 Å². The van der Waals surface area contributed by atoms with E-state index >= 15 is 0 Å². The fourth-order valence-corrected chi connectivity index (χ4v) is 2.19. The van der Waals surface area contributed by atoms with Gasteiger partial charge in [0.25, 0.3) is 5.91 Å². The SMILES string of the molecule is COc1ccccc1O[C@@H](C)C(=O)Nc1ccc(Cl)cc1C. The molecule has 0 unspecified atom stereocenters. The first-order valence-corrected chi connectivity index (χ1v) is 7.25. The number of anilines is 1. The number of halogens is 1. The van der Waals surface area contributed by atoms with Crippen molar-refractivity contribution in [1.82, 2.24) is 0 Å². The molecule has 0 spiro atoms. The van der Waals surface area contributed by atoms with Crippen molar-refractivity contribution in [3.63, 3.8) is 0 Å². The average molecular weight is 320 g/mol. The molecule has 0 aliphatic carbocycles. The van der Waals surface area contributed by atoms with Crippen molar-refractivity contribution in [2.24, 2.45) is 0 Å². The predicted octanol–water partition coefficient (Wildman–Crippen LogP) is 4.06. The summed E-state index contributed by atoms with van der Waals surface area (Å²) in [4.78, 5) is 12.2. The fourth-order valence-electron chi connectivity index (χ4n) is 1.96. The molecule has 2 rings (SSSR count). The monoisotopic (exact) mass is 319 g/mol. The molecular weight excluding hydrogens is 302 g/mol. The molecule has 1 amide bonds. The van der Waals surface area contributed by atoms with Gasteiger partial charge in [0.05, 0.1) is 7.11 Å². The maximum absolute atomic E-state index is 12.2. The number of benzene rings is 2. The lowest BCUT2D eigenvalue weighted by atomic mass is 10.2. The molecular formula is C17H18ClNO3. The Hall–Kier alpha value is -2.20. The molecule has 5 heteroatoms. The molecule has 4 nitrogen and oxygen atoms in total. The molecule has 22 heavy (non-hydrogen) atoms. The van der Waals surface area contributed by atoms with Crippen molar-refractivity contribution in [2.75, 3.05) is 12.4 Å². The quantitative estimate of drug-likeness (QED) is 0.904. The van der Waals surface area contributed by atoms with Crippen LogP contribution in [0.3, 0.4) is 0 Å².